The molecule has 1 aromatic carbocycles. The molecule has 0 amide bonds. The molecule has 1 aromatic heterocycles. The van der Waals surface area contributed by atoms with E-state index >= 15 is 0 Å². The SMILES string of the molecule is Cc1cc(Cl)c(NCc2ccc(C#N)o2)cc1Cl. The average Bonchev–Trinajstić information content (AvgIpc) is 2.80. The zero-order valence-electron chi connectivity index (χ0n) is 9.63. The Morgan fingerprint density at radius 2 is 2.06 bits per heavy atom. The molecule has 5 heteroatoms. The minimum Gasteiger partial charge on any atom is -0.449 e. The van der Waals surface area contributed by atoms with Crippen molar-refractivity contribution in [1.82, 2.24) is 0 Å². The standard InChI is InChI=1S/C13H10Cl2N2O/c1-8-4-12(15)13(5-11(8)14)17-7-10-3-2-9(6-16)18-10/h2-5,17H,7H2,1H3. The molecule has 18 heavy (non-hydrogen) atoms. The maximum absolute atomic E-state index is 8.64. The molecule has 0 aliphatic rings. The molecule has 0 fully saturated rings. The number of halogens is 2. The molecule has 0 aliphatic heterocycles. The van der Waals surface area contributed by atoms with E-state index in [0.717, 1.165) is 11.3 Å². The van der Waals surface area contributed by atoms with Crippen LogP contribution in [-0.2, 0) is 6.54 Å². The van der Waals surface area contributed by atoms with E-state index in [1.165, 1.54) is 0 Å². The Kier molecular flexibility index (Phi) is 3.81. The molecule has 0 atom stereocenters. The van der Waals surface area contributed by atoms with Crippen LogP contribution in [-0.4, -0.2) is 0 Å². The van der Waals surface area contributed by atoms with Gasteiger partial charge in [-0.2, -0.15) is 5.26 Å². The maximum Gasteiger partial charge on any atom is 0.203 e. The van der Waals surface area contributed by atoms with Gasteiger partial charge in [0.25, 0.3) is 0 Å². The first kappa shape index (κ1) is 12.8. The first-order valence-electron chi connectivity index (χ1n) is 5.28. The number of anilines is 1. The average molecular weight is 281 g/mol. The van der Waals surface area contributed by atoms with Crippen LogP contribution < -0.4 is 5.32 Å². The maximum atomic E-state index is 8.64. The van der Waals surface area contributed by atoms with Gasteiger partial charge in [0.05, 0.1) is 17.3 Å². The highest BCUT2D eigenvalue weighted by molar-refractivity contribution is 6.35. The molecule has 2 rings (SSSR count). The summed E-state index contributed by atoms with van der Waals surface area (Å²) in [7, 11) is 0. The summed E-state index contributed by atoms with van der Waals surface area (Å²) in [6.45, 7) is 2.34. The van der Waals surface area contributed by atoms with Crippen molar-refractivity contribution in [2.45, 2.75) is 13.5 Å². The van der Waals surface area contributed by atoms with Gasteiger partial charge in [0, 0.05) is 5.02 Å². The predicted octanol–water partition coefficient (Wildman–Crippen LogP) is 4.38. The second kappa shape index (κ2) is 5.34. The first-order chi connectivity index (χ1) is 8.60. The minimum absolute atomic E-state index is 0.292. The lowest BCUT2D eigenvalue weighted by molar-refractivity contribution is 0.506. The summed E-state index contributed by atoms with van der Waals surface area (Å²) in [5, 5.41) is 13.0. The van der Waals surface area contributed by atoms with Crippen LogP contribution in [0.25, 0.3) is 0 Å². The third-order valence-corrected chi connectivity index (χ3v) is 3.19. The van der Waals surface area contributed by atoms with Crippen molar-refractivity contribution in [3.05, 3.63) is 51.4 Å². The second-order valence-electron chi connectivity index (χ2n) is 3.81. The molecular weight excluding hydrogens is 271 g/mol. The number of hydrogen-bond acceptors (Lipinski definition) is 3. The topological polar surface area (TPSA) is 49.0 Å². The lowest BCUT2D eigenvalue weighted by Crippen LogP contribution is -1.99. The second-order valence-corrected chi connectivity index (χ2v) is 4.63. The number of nitriles is 1. The van der Waals surface area contributed by atoms with Gasteiger partial charge in [-0.25, -0.2) is 0 Å². The molecule has 92 valence electrons. The van der Waals surface area contributed by atoms with Crippen LogP contribution in [0.4, 0.5) is 5.69 Å². The van der Waals surface area contributed by atoms with Gasteiger partial charge >= 0.3 is 0 Å². The van der Waals surface area contributed by atoms with Crippen LogP contribution in [0.15, 0.2) is 28.7 Å². The minimum atomic E-state index is 0.292. The zero-order valence-corrected chi connectivity index (χ0v) is 11.1. The highest BCUT2D eigenvalue weighted by Gasteiger charge is 2.06. The van der Waals surface area contributed by atoms with Gasteiger partial charge in [0.2, 0.25) is 5.76 Å². The Balaban J connectivity index is 2.11. The van der Waals surface area contributed by atoms with Crippen molar-refractivity contribution >= 4 is 28.9 Å². The third-order valence-electron chi connectivity index (χ3n) is 2.47. The molecular formula is C13H10Cl2N2O. The number of rotatable bonds is 3. The van der Waals surface area contributed by atoms with E-state index in [1.54, 1.807) is 24.3 Å². The van der Waals surface area contributed by atoms with Crippen LogP contribution in [0, 0.1) is 18.3 Å². The summed E-state index contributed by atoms with van der Waals surface area (Å²) in [5.41, 5.74) is 1.67. The normalized spacial score (nSPS) is 10.1. The van der Waals surface area contributed by atoms with Crippen molar-refractivity contribution in [3.63, 3.8) is 0 Å². The lowest BCUT2D eigenvalue weighted by atomic mass is 10.2. The molecule has 0 unspecified atom stereocenters. The molecule has 0 radical (unpaired) electrons. The molecule has 0 bridgehead atoms. The van der Waals surface area contributed by atoms with Gasteiger partial charge in [0.1, 0.15) is 11.8 Å². The lowest BCUT2D eigenvalue weighted by Gasteiger charge is -2.09. The Morgan fingerprint density at radius 3 is 2.72 bits per heavy atom. The van der Waals surface area contributed by atoms with Gasteiger partial charge in [-0.3, -0.25) is 0 Å². The van der Waals surface area contributed by atoms with Crippen LogP contribution in [0.5, 0.6) is 0 Å². The molecule has 0 saturated carbocycles. The van der Waals surface area contributed by atoms with Gasteiger partial charge in [0.15, 0.2) is 0 Å². The fourth-order valence-electron chi connectivity index (χ4n) is 1.50. The van der Waals surface area contributed by atoms with Gasteiger partial charge in [-0.1, -0.05) is 23.2 Å². The predicted molar refractivity (Wildman–Crippen MR) is 71.9 cm³/mol. The summed E-state index contributed by atoms with van der Waals surface area (Å²) < 4.78 is 5.25. The summed E-state index contributed by atoms with van der Waals surface area (Å²) in [6.07, 6.45) is 0. The van der Waals surface area contributed by atoms with Crippen LogP contribution in [0.1, 0.15) is 17.1 Å². The van der Waals surface area contributed by atoms with E-state index in [0.29, 0.717) is 28.1 Å². The number of aryl methyl sites for hydroxylation is 1. The van der Waals surface area contributed by atoms with E-state index in [9.17, 15) is 0 Å². The number of benzene rings is 1. The number of furan rings is 1. The van der Waals surface area contributed by atoms with E-state index in [-0.39, 0.29) is 0 Å². The van der Waals surface area contributed by atoms with Crippen molar-refractivity contribution < 1.29 is 4.42 Å². The molecule has 0 aliphatic carbocycles. The van der Waals surface area contributed by atoms with Crippen molar-refractivity contribution in [1.29, 1.82) is 5.26 Å². The summed E-state index contributed by atoms with van der Waals surface area (Å²) in [6, 6.07) is 8.87. The van der Waals surface area contributed by atoms with Crippen LogP contribution >= 0.6 is 23.2 Å². The Morgan fingerprint density at radius 1 is 1.28 bits per heavy atom. The van der Waals surface area contributed by atoms with Crippen molar-refractivity contribution in [2.24, 2.45) is 0 Å². The van der Waals surface area contributed by atoms with E-state index < -0.39 is 0 Å². The van der Waals surface area contributed by atoms with Crippen molar-refractivity contribution in [3.8, 4) is 6.07 Å². The number of nitrogens with one attached hydrogen (secondary N) is 1. The van der Waals surface area contributed by atoms with Crippen LogP contribution in [0.3, 0.4) is 0 Å². The first-order valence-corrected chi connectivity index (χ1v) is 6.04. The van der Waals surface area contributed by atoms with E-state index in [2.05, 4.69) is 5.32 Å². The largest absolute Gasteiger partial charge is 0.449 e. The highest BCUT2D eigenvalue weighted by atomic mass is 35.5. The third kappa shape index (κ3) is 2.79. The summed E-state index contributed by atoms with van der Waals surface area (Å²) >= 11 is 12.1. The summed E-state index contributed by atoms with van der Waals surface area (Å²) in [5.74, 6) is 0.958. The Bertz CT molecular complexity index is 614. The smallest absolute Gasteiger partial charge is 0.203 e. The van der Waals surface area contributed by atoms with Gasteiger partial charge in [-0.15, -0.1) is 0 Å². The highest BCUT2D eigenvalue weighted by Crippen LogP contribution is 2.29. The van der Waals surface area contributed by atoms with Crippen molar-refractivity contribution in [2.75, 3.05) is 5.32 Å². The van der Waals surface area contributed by atoms with Gasteiger partial charge < -0.3 is 9.73 Å². The monoisotopic (exact) mass is 280 g/mol. The fraction of sp³-hybridized carbons (Fsp3) is 0.154. The molecule has 0 spiro atoms. The Labute approximate surface area is 115 Å². The molecule has 0 saturated heterocycles. The molecule has 1 heterocycles. The number of hydrogen-bond donors (Lipinski definition) is 1. The number of nitrogens with zero attached hydrogens (tertiary/aromatic N) is 1. The zero-order chi connectivity index (χ0) is 13.1. The van der Waals surface area contributed by atoms with E-state index in [1.807, 2.05) is 13.0 Å². The molecule has 3 nitrogen and oxygen atoms in total. The molecule has 1 N–H and O–H groups in total. The summed E-state index contributed by atoms with van der Waals surface area (Å²) in [4.78, 5) is 0. The quantitative estimate of drug-likeness (QED) is 0.908. The van der Waals surface area contributed by atoms with Crippen LogP contribution in [0.2, 0.25) is 10.0 Å². The van der Waals surface area contributed by atoms with Gasteiger partial charge in [-0.05, 0) is 36.8 Å². The van der Waals surface area contributed by atoms with E-state index in [4.69, 9.17) is 32.9 Å². The molecule has 2 aromatic rings. The Hall–Kier alpha value is -1.63. The fourth-order valence-corrected chi connectivity index (χ4v) is 1.95.